The standard InChI is InChI=1S/C23H26ClN3O3/c1-16-3-2-4-18(26-16)14-25-22(29)20-13-23(20)9-11-27(12-10-23)21(28)15-30-19-7-5-17(24)6-8-19/h2-8,20H,9-15H2,1H3,(H,25,29)/t20-/m1/s1. The van der Waals surface area contributed by atoms with Gasteiger partial charge in [0.05, 0.1) is 12.2 Å². The molecule has 0 unspecified atom stereocenters. The first-order valence-electron chi connectivity index (χ1n) is 10.3. The molecule has 1 aliphatic carbocycles. The molecule has 158 valence electrons. The number of amides is 2. The number of pyridine rings is 1. The third kappa shape index (κ3) is 4.75. The van der Waals surface area contributed by atoms with Crippen LogP contribution in [0.2, 0.25) is 5.02 Å². The lowest BCUT2D eigenvalue weighted by molar-refractivity contribution is -0.135. The number of hydrogen-bond acceptors (Lipinski definition) is 4. The van der Waals surface area contributed by atoms with Crippen molar-refractivity contribution in [3.8, 4) is 5.75 Å². The Morgan fingerprint density at radius 2 is 1.93 bits per heavy atom. The Bertz CT molecular complexity index is 924. The van der Waals surface area contributed by atoms with Gasteiger partial charge in [0.1, 0.15) is 5.75 Å². The number of carbonyl (C=O) groups excluding carboxylic acids is 2. The highest BCUT2D eigenvalue weighted by Crippen LogP contribution is 2.59. The van der Waals surface area contributed by atoms with Crippen molar-refractivity contribution in [1.29, 1.82) is 0 Å². The van der Waals surface area contributed by atoms with Gasteiger partial charge in [-0.05, 0) is 68.0 Å². The lowest BCUT2D eigenvalue weighted by Gasteiger charge is -2.32. The summed E-state index contributed by atoms with van der Waals surface area (Å²) in [4.78, 5) is 31.3. The second kappa shape index (κ2) is 8.64. The minimum absolute atomic E-state index is 0.0159. The highest BCUT2D eigenvalue weighted by atomic mass is 35.5. The highest BCUT2D eigenvalue weighted by Gasteiger charge is 2.58. The van der Waals surface area contributed by atoms with E-state index in [1.165, 1.54) is 0 Å². The molecule has 1 spiro atoms. The molecule has 2 heterocycles. The number of benzene rings is 1. The molecule has 30 heavy (non-hydrogen) atoms. The van der Waals surface area contributed by atoms with E-state index in [1.807, 2.05) is 30.0 Å². The first-order chi connectivity index (χ1) is 14.4. The molecule has 1 aliphatic heterocycles. The molecule has 0 radical (unpaired) electrons. The third-order valence-electron chi connectivity index (χ3n) is 6.18. The summed E-state index contributed by atoms with van der Waals surface area (Å²) in [7, 11) is 0. The molecule has 2 amide bonds. The van der Waals surface area contributed by atoms with Crippen molar-refractivity contribution in [1.82, 2.24) is 15.2 Å². The van der Waals surface area contributed by atoms with Gasteiger partial charge in [-0.25, -0.2) is 0 Å². The second-order valence-electron chi connectivity index (χ2n) is 8.23. The molecule has 2 aromatic rings. The summed E-state index contributed by atoms with van der Waals surface area (Å²) in [5.41, 5.74) is 1.87. The zero-order valence-electron chi connectivity index (χ0n) is 17.1. The molecule has 1 saturated heterocycles. The van der Waals surface area contributed by atoms with Crippen molar-refractivity contribution in [3.05, 3.63) is 58.9 Å². The molecule has 2 aliphatic rings. The Morgan fingerprint density at radius 1 is 1.20 bits per heavy atom. The number of hydrogen-bond donors (Lipinski definition) is 1. The maximum Gasteiger partial charge on any atom is 0.260 e. The minimum Gasteiger partial charge on any atom is -0.484 e. The number of rotatable bonds is 6. The molecule has 1 saturated carbocycles. The third-order valence-corrected chi connectivity index (χ3v) is 6.44. The van der Waals surface area contributed by atoms with Crippen molar-refractivity contribution >= 4 is 23.4 Å². The van der Waals surface area contributed by atoms with E-state index in [2.05, 4.69) is 10.3 Å². The van der Waals surface area contributed by atoms with Crippen LogP contribution in [-0.4, -0.2) is 41.4 Å². The Kier molecular flexibility index (Phi) is 5.95. The van der Waals surface area contributed by atoms with E-state index in [0.717, 1.165) is 30.7 Å². The summed E-state index contributed by atoms with van der Waals surface area (Å²) in [5, 5.41) is 3.66. The van der Waals surface area contributed by atoms with E-state index < -0.39 is 0 Å². The predicted octanol–water partition coefficient (Wildman–Crippen LogP) is 3.37. The molecular formula is C23H26ClN3O3. The van der Waals surface area contributed by atoms with Gasteiger partial charge in [-0.2, -0.15) is 0 Å². The van der Waals surface area contributed by atoms with Gasteiger partial charge in [-0.15, -0.1) is 0 Å². The average Bonchev–Trinajstić information content (AvgIpc) is 3.45. The summed E-state index contributed by atoms with van der Waals surface area (Å²) in [5.74, 6) is 0.754. The number of likely N-dealkylation sites (tertiary alicyclic amines) is 1. The van der Waals surface area contributed by atoms with Crippen LogP contribution in [-0.2, 0) is 16.1 Å². The Labute approximate surface area is 181 Å². The van der Waals surface area contributed by atoms with Gasteiger partial charge in [0.2, 0.25) is 5.91 Å². The molecular weight excluding hydrogens is 402 g/mol. The normalized spacial score (nSPS) is 19.4. The first kappa shape index (κ1) is 20.7. The van der Waals surface area contributed by atoms with Crippen LogP contribution in [0.1, 0.15) is 30.7 Å². The monoisotopic (exact) mass is 427 g/mol. The van der Waals surface area contributed by atoms with E-state index in [9.17, 15) is 9.59 Å². The highest BCUT2D eigenvalue weighted by molar-refractivity contribution is 6.30. The van der Waals surface area contributed by atoms with Crippen LogP contribution < -0.4 is 10.1 Å². The van der Waals surface area contributed by atoms with E-state index in [1.54, 1.807) is 24.3 Å². The smallest absolute Gasteiger partial charge is 0.260 e. The predicted molar refractivity (Wildman–Crippen MR) is 114 cm³/mol. The SMILES string of the molecule is Cc1cccc(CNC(=O)[C@H]2CC23CCN(C(=O)COc2ccc(Cl)cc2)CC3)n1. The van der Waals surface area contributed by atoms with Gasteiger partial charge in [0.25, 0.3) is 5.91 Å². The number of nitrogens with one attached hydrogen (secondary N) is 1. The van der Waals surface area contributed by atoms with Crippen LogP contribution in [0, 0.1) is 18.3 Å². The average molecular weight is 428 g/mol. The van der Waals surface area contributed by atoms with E-state index in [-0.39, 0.29) is 29.8 Å². The zero-order valence-corrected chi connectivity index (χ0v) is 17.8. The number of carbonyl (C=O) groups is 2. The summed E-state index contributed by atoms with van der Waals surface area (Å²) >= 11 is 5.86. The van der Waals surface area contributed by atoms with Crippen molar-refractivity contribution in [2.75, 3.05) is 19.7 Å². The Balaban J connectivity index is 1.21. The van der Waals surface area contributed by atoms with Crippen LogP contribution in [0.5, 0.6) is 5.75 Å². The maximum absolute atomic E-state index is 12.6. The molecule has 0 bridgehead atoms. The fourth-order valence-electron chi connectivity index (χ4n) is 4.24. The van der Waals surface area contributed by atoms with Crippen molar-refractivity contribution in [2.24, 2.45) is 11.3 Å². The van der Waals surface area contributed by atoms with Gasteiger partial charge in [-0.3, -0.25) is 14.6 Å². The number of aryl methyl sites for hydroxylation is 1. The van der Waals surface area contributed by atoms with E-state index in [0.29, 0.717) is 30.4 Å². The zero-order chi connectivity index (χ0) is 21.1. The van der Waals surface area contributed by atoms with Crippen LogP contribution in [0.25, 0.3) is 0 Å². The first-order valence-corrected chi connectivity index (χ1v) is 10.7. The van der Waals surface area contributed by atoms with Gasteiger partial charge < -0.3 is 15.0 Å². The lowest BCUT2D eigenvalue weighted by Crippen LogP contribution is -2.42. The minimum atomic E-state index is -0.0213. The van der Waals surface area contributed by atoms with Crippen molar-refractivity contribution < 1.29 is 14.3 Å². The molecule has 1 atom stereocenters. The van der Waals surface area contributed by atoms with Crippen molar-refractivity contribution in [2.45, 2.75) is 32.7 Å². The Hall–Kier alpha value is -2.60. The van der Waals surface area contributed by atoms with Crippen LogP contribution in [0.15, 0.2) is 42.5 Å². The lowest BCUT2D eigenvalue weighted by atomic mass is 9.90. The molecule has 7 heteroatoms. The van der Waals surface area contributed by atoms with Gasteiger partial charge >= 0.3 is 0 Å². The van der Waals surface area contributed by atoms with Gasteiger partial charge in [0, 0.05) is 29.7 Å². The van der Waals surface area contributed by atoms with Crippen molar-refractivity contribution in [3.63, 3.8) is 0 Å². The molecule has 1 N–H and O–H groups in total. The van der Waals surface area contributed by atoms with Gasteiger partial charge in [-0.1, -0.05) is 17.7 Å². The Morgan fingerprint density at radius 3 is 2.63 bits per heavy atom. The second-order valence-corrected chi connectivity index (χ2v) is 8.67. The number of piperidine rings is 1. The molecule has 1 aromatic heterocycles. The summed E-state index contributed by atoms with van der Waals surface area (Å²) in [6, 6.07) is 12.8. The van der Waals surface area contributed by atoms with Crippen LogP contribution >= 0.6 is 11.6 Å². The number of aromatic nitrogens is 1. The quantitative estimate of drug-likeness (QED) is 0.767. The van der Waals surface area contributed by atoms with E-state index >= 15 is 0 Å². The molecule has 4 rings (SSSR count). The number of halogens is 1. The fourth-order valence-corrected chi connectivity index (χ4v) is 4.36. The van der Waals surface area contributed by atoms with Gasteiger partial charge in [0.15, 0.2) is 6.61 Å². The summed E-state index contributed by atoms with van der Waals surface area (Å²) in [6.45, 7) is 3.76. The van der Waals surface area contributed by atoms with Crippen LogP contribution in [0.4, 0.5) is 0 Å². The summed E-state index contributed by atoms with van der Waals surface area (Å²) in [6.07, 6.45) is 2.63. The summed E-state index contributed by atoms with van der Waals surface area (Å²) < 4.78 is 5.57. The molecule has 1 aromatic carbocycles. The molecule has 6 nitrogen and oxygen atoms in total. The fraction of sp³-hybridized carbons (Fsp3) is 0.435. The van der Waals surface area contributed by atoms with Crippen LogP contribution in [0.3, 0.4) is 0 Å². The topological polar surface area (TPSA) is 71.5 Å². The largest absolute Gasteiger partial charge is 0.484 e. The number of ether oxygens (including phenoxy) is 1. The maximum atomic E-state index is 12.6. The van der Waals surface area contributed by atoms with E-state index in [4.69, 9.17) is 16.3 Å². The number of nitrogens with zero attached hydrogens (tertiary/aromatic N) is 2. The molecule has 2 fully saturated rings.